The summed E-state index contributed by atoms with van der Waals surface area (Å²) in [5, 5.41) is 4.53. The molecule has 0 atom stereocenters. The number of aromatic nitrogens is 3. The van der Waals surface area contributed by atoms with Crippen LogP contribution in [-0.2, 0) is 0 Å². The lowest BCUT2D eigenvalue weighted by Gasteiger charge is -2.16. The van der Waals surface area contributed by atoms with Crippen molar-refractivity contribution in [1.29, 1.82) is 0 Å². The van der Waals surface area contributed by atoms with E-state index in [1.54, 1.807) is 0 Å². The van der Waals surface area contributed by atoms with Crippen molar-refractivity contribution in [3.8, 4) is 78.7 Å². The molecule has 0 fully saturated rings. The molecule has 0 radical (unpaired) electrons. The Morgan fingerprint density at radius 1 is 0.271 bits per heavy atom. The Hall–Kier alpha value is -7.95. The fourth-order valence-electron chi connectivity index (χ4n) is 8.28. The van der Waals surface area contributed by atoms with Crippen LogP contribution in [0.1, 0.15) is 0 Å². The molecule has 0 aliphatic rings. The minimum atomic E-state index is 0.610. The maximum Gasteiger partial charge on any atom is 0.164 e. The summed E-state index contributed by atoms with van der Waals surface area (Å²) in [5.41, 5.74) is 13.3. The summed E-state index contributed by atoms with van der Waals surface area (Å²) in [6, 6.07) is 74.1. The molecular weight excluding hydrogens is 719 g/mol. The summed E-state index contributed by atoms with van der Waals surface area (Å²) in [4.78, 5) is 15.1. The predicted molar refractivity (Wildman–Crippen MR) is 243 cm³/mol. The van der Waals surface area contributed by atoms with E-state index in [2.05, 4.69) is 152 Å². The van der Waals surface area contributed by atoms with Crippen molar-refractivity contribution in [1.82, 2.24) is 15.0 Å². The molecule has 4 heteroatoms. The van der Waals surface area contributed by atoms with E-state index < -0.39 is 0 Å². The smallest absolute Gasteiger partial charge is 0.164 e. The molecule has 11 rings (SSSR count). The normalized spacial score (nSPS) is 11.4. The summed E-state index contributed by atoms with van der Waals surface area (Å²) in [6.07, 6.45) is 0. The Kier molecular flexibility index (Phi) is 8.45. The van der Waals surface area contributed by atoms with Crippen LogP contribution in [0, 0.1) is 0 Å². The molecule has 0 aliphatic heterocycles. The van der Waals surface area contributed by atoms with E-state index in [1.807, 2.05) is 60.7 Å². The number of fused-ring (bicyclic) bond motifs is 4. The largest absolute Gasteiger partial charge is 0.456 e. The minimum Gasteiger partial charge on any atom is -0.456 e. The second kappa shape index (κ2) is 14.5. The minimum absolute atomic E-state index is 0.610. The monoisotopic (exact) mass is 753 g/mol. The van der Waals surface area contributed by atoms with Crippen LogP contribution in [0.25, 0.3) is 111 Å². The molecule has 0 saturated heterocycles. The van der Waals surface area contributed by atoms with Gasteiger partial charge < -0.3 is 4.42 Å². The van der Waals surface area contributed by atoms with Crippen LogP contribution in [0.4, 0.5) is 0 Å². The van der Waals surface area contributed by atoms with Crippen LogP contribution in [-0.4, -0.2) is 15.0 Å². The Morgan fingerprint density at radius 3 is 1.34 bits per heavy atom. The summed E-state index contributed by atoms with van der Waals surface area (Å²) in [6.45, 7) is 0. The third kappa shape index (κ3) is 6.34. The zero-order valence-corrected chi connectivity index (χ0v) is 32.0. The lowest BCUT2D eigenvalue weighted by atomic mass is 9.87. The highest BCUT2D eigenvalue weighted by atomic mass is 16.3. The van der Waals surface area contributed by atoms with Gasteiger partial charge in [0.15, 0.2) is 17.5 Å². The molecule has 0 aliphatic carbocycles. The van der Waals surface area contributed by atoms with E-state index in [9.17, 15) is 0 Å². The van der Waals surface area contributed by atoms with E-state index in [-0.39, 0.29) is 0 Å². The maximum absolute atomic E-state index is 6.85. The second-order valence-corrected chi connectivity index (χ2v) is 14.8. The van der Waals surface area contributed by atoms with Gasteiger partial charge in [0.1, 0.15) is 11.2 Å². The van der Waals surface area contributed by atoms with Gasteiger partial charge in [-0.05, 0) is 85.6 Å². The average Bonchev–Trinajstić information content (AvgIpc) is 3.68. The van der Waals surface area contributed by atoms with E-state index in [1.165, 1.54) is 10.9 Å². The van der Waals surface area contributed by atoms with Crippen LogP contribution >= 0.6 is 0 Å². The highest BCUT2D eigenvalue weighted by molar-refractivity contribution is 6.17. The number of hydrogen-bond donors (Lipinski definition) is 0. The van der Waals surface area contributed by atoms with Crippen LogP contribution in [0.2, 0.25) is 0 Å². The summed E-state index contributed by atoms with van der Waals surface area (Å²) >= 11 is 0. The van der Waals surface area contributed by atoms with Crippen molar-refractivity contribution in [2.75, 3.05) is 0 Å². The van der Waals surface area contributed by atoms with Gasteiger partial charge in [0.25, 0.3) is 0 Å². The lowest BCUT2D eigenvalue weighted by molar-refractivity contribution is 0.669. The number of nitrogens with zero attached hydrogens (tertiary/aromatic N) is 3. The number of furan rings is 1. The van der Waals surface area contributed by atoms with Gasteiger partial charge >= 0.3 is 0 Å². The maximum atomic E-state index is 6.85. The van der Waals surface area contributed by atoms with Crippen molar-refractivity contribution in [3.63, 3.8) is 0 Å². The van der Waals surface area contributed by atoms with Gasteiger partial charge in [-0.25, -0.2) is 15.0 Å². The molecule has 4 nitrogen and oxygen atoms in total. The van der Waals surface area contributed by atoms with Crippen molar-refractivity contribution in [2.24, 2.45) is 0 Å². The molecule has 0 unspecified atom stereocenters. The molecule has 2 aromatic heterocycles. The molecule has 2 heterocycles. The van der Waals surface area contributed by atoms with E-state index in [0.29, 0.717) is 17.5 Å². The molecular formula is C55H35N3O. The van der Waals surface area contributed by atoms with E-state index in [0.717, 1.165) is 83.0 Å². The fourth-order valence-corrected chi connectivity index (χ4v) is 8.28. The summed E-state index contributed by atoms with van der Waals surface area (Å²) in [7, 11) is 0. The Labute approximate surface area is 341 Å². The van der Waals surface area contributed by atoms with Gasteiger partial charge in [-0.15, -0.1) is 0 Å². The molecule has 11 aromatic rings. The highest BCUT2D eigenvalue weighted by Crippen LogP contribution is 2.46. The van der Waals surface area contributed by atoms with Gasteiger partial charge in [-0.2, -0.15) is 0 Å². The van der Waals surface area contributed by atoms with Gasteiger partial charge in [0.2, 0.25) is 0 Å². The third-order valence-corrected chi connectivity index (χ3v) is 11.1. The van der Waals surface area contributed by atoms with Gasteiger partial charge in [-0.3, -0.25) is 0 Å². The molecule has 0 bridgehead atoms. The number of hydrogen-bond acceptors (Lipinski definition) is 4. The molecule has 0 N–H and O–H groups in total. The fraction of sp³-hybridized carbons (Fsp3) is 0. The Bertz CT molecular complexity index is 3250. The first-order valence-corrected chi connectivity index (χ1v) is 19.8. The summed E-state index contributed by atoms with van der Waals surface area (Å²) in [5.74, 6) is 1.87. The first-order valence-electron chi connectivity index (χ1n) is 19.8. The van der Waals surface area contributed by atoms with Crippen molar-refractivity contribution in [3.05, 3.63) is 212 Å². The zero-order chi connectivity index (χ0) is 39.1. The molecule has 0 amide bonds. The number of rotatable bonds is 7. The standard InChI is InChI=1S/C55H35N3O/c1-5-17-36(18-6-1)44-27-15-16-28-46(44)48-33-43(35-51-52(48)49-31-40-25-13-14-26-41(40)34-50(49)59-51)45-30-29-42(32-47(45)37-19-7-2-8-20-37)55-57-53(38-21-9-3-10-22-38)56-54(58-55)39-23-11-4-12-24-39/h1-35H. The first-order chi connectivity index (χ1) is 29.2. The molecule has 276 valence electrons. The van der Waals surface area contributed by atoms with Crippen LogP contribution in [0.15, 0.2) is 217 Å². The van der Waals surface area contributed by atoms with Gasteiger partial charge in [-0.1, -0.05) is 182 Å². The molecule has 0 saturated carbocycles. The van der Waals surface area contributed by atoms with Gasteiger partial charge in [0.05, 0.1) is 0 Å². The van der Waals surface area contributed by atoms with Crippen molar-refractivity contribution < 1.29 is 4.42 Å². The second-order valence-electron chi connectivity index (χ2n) is 14.8. The zero-order valence-electron chi connectivity index (χ0n) is 32.0. The van der Waals surface area contributed by atoms with Crippen molar-refractivity contribution in [2.45, 2.75) is 0 Å². The van der Waals surface area contributed by atoms with Crippen LogP contribution in [0.3, 0.4) is 0 Å². The SMILES string of the molecule is c1ccc(-c2nc(-c3ccccc3)nc(-c3ccc(-c4cc(-c5ccccc5-c5ccccc5)c5c(c4)oc4cc6ccccc6cc45)c(-c4ccccc4)c3)n2)cc1. The topological polar surface area (TPSA) is 51.8 Å². The van der Waals surface area contributed by atoms with E-state index in [4.69, 9.17) is 19.4 Å². The quantitative estimate of drug-likeness (QED) is 0.163. The summed E-state index contributed by atoms with van der Waals surface area (Å²) < 4.78 is 6.85. The van der Waals surface area contributed by atoms with Crippen LogP contribution < -0.4 is 0 Å². The Morgan fingerprint density at radius 2 is 0.729 bits per heavy atom. The highest BCUT2D eigenvalue weighted by Gasteiger charge is 2.21. The number of benzene rings is 9. The first kappa shape index (κ1) is 34.3. The Balaban J connectivity index is 1.16. The average molecular weight is 754 g/mol. The van der Waals surface area contributed by atoms with Crippen LogP contribution in [0.5, 0.6) is 0 Å². The lowest BCUT2D eigenvalue weighted by Crippen LogP contribution is -2.00. The van der Waals surface area contributed by atoms with Crippen molar-refractivity contribution >= 4 is 32.7 Å². The third-order valence-electron chi connectivity index (χ3n) is 11.1. The van der Waals surface area contributed by atoms with E-state index >= 15 is 0 Å². The molecule has 59 heavy (non-hydrogen) atoms. The predicted octanol–water partition coefficient (Wildman–Crippen LogP) is 14.6. The molecule has 0 spiro atoms. The molecule has 9 aromatic carbocycles. The van der Waals surface area contributed by atoms with Gasteiger partial charge in [0, 0.05) is 27.5 Å².